The molecule has 0 spiro atoms. The number of hydrogen-bond acceptors (Lipinski definition) is 7. The maximum absolute atomic E-state index is 11.7. The largest absolute Gasteiger partial charge is 0.420 e. The fourth-order valence-corrected chi connectivity index (χ4v) is 1.68. The van der Waals surface area contributed by atoms with Crippen LogP contribution in [0, 0.1) is 5.92 Å². The number of carbonyl (C=O) groups is 2. The fraction of sp³-hybridized carbons (Fsp3) is 0.833. The summed E-state index contributed by atoms with van der Waals surface area (Å²) in [6.45, 7) is 5.30. The van der Waals surface area contributed by atoms with Gasteiger partial charge in [0.05, 0.1) is 12.0 Å². The van der Waals surface area contributed by atoms with Crippen molar-refractivity contribution >= 4 is 11.9 Å². The smallest absolute Gasteiger partial charge is 0.392 e. The summed E-state index contributed by atoms with van der Waals surface area (Å²) in [6.07, 6.45) is 1.05. The molecule has 1 aliphatic heterocycles. The Morgan fingerprint density at radius 2 is 1.84 bits per heavy atom. The molecule has 2 unspecified atom stereocenters. The van der Waals surface area contributed by atoms with Gasteiger partial charge in [0.25, 0.3) is 0 Å². The first-order valence-corrected chi connectivity index (χ1v) is 6.48. The average molecular weight is 276 g/mol. The summed E-state index contributed by atoms with van der Waals surface area (Å²) in [5, 5.41) is 9.77. The van der Waals surface area contributed by atoms with Crippen molar-refractivity contribution in [1.82, 2.24) is 0 Å². The molecule has 0 bridgehead atoms. The monoisotopic (exact) mass is 276 g/mol. The number of carbonyl (C=O) groups excluding carboxylic acids is 2. The van der Waals surface area contributed by atoms with E-state index in [0.29, 0.717) is 12.8 Å². The lowest BCUT2D eigenvalue weighted by atomic mass is 9.96. The third-order valence-electron chi connectivity index (χ3n) is 3.05. The van der Waals surface area contributed by atoms with Crippen molar-refractivity contribution in [3.63, 3.8) is 0 Å². The van der Waals surface area contributed by atoms with Crippen LogP contribution in [0.15, 0.2) is 0 Å². The second-order valence-electron chi connectivity index (χ2n) is 4.42. The van der Waals surface area contributed by atoms with E-state index in [-0.39, 0.29) is 6.42 Å². The first kappa shape index (κ1) is 15.9. The molecule has 2 atom stereocenters. The third-order valence-corrected chi connectivity index (χ3v) is 3.05. The van der Waals surface area contributed by atoms with E-state index in [2.05, 4.69) is 19.6 Å². The topological polar surface area (TPSA) is 97.9 Å². The Balaban J connectivity index is 2.43. The van der Waals surface area contributed by atoms with Gasteiger partial charge in [0, 0.05) is 6.42 Å². The van der Waals surface area contributed by atoms with Crippen LogP contribution < -0.4 is 0 Å². The highest BCUT2D eigenvalue weighted by atomic mass is 17.4. The predicted molar refractivity (Wildman–Crippen MR) is 62.1 cm³/mol. The van der Waals surface area contributed by atoms with Gasteiger partial charge in [0.1, 0.15) is 0 Å². The van der Waals surface area contributed by atoms with Gasteiger partial charge in [-0.15, -0.1) is 0 Å². The number of hydrogen-bond donors (Lipinski definition) is 1. The quantitative estimate of drug-likeness (QED) is 0.424. The van der Waals surface area contributed by atoms with Crippen LogP contribution in [-0.4, -0.2) is 28.9 Å². The molecule has 1 N–H and O–H groups in total. The van der Waals surface area contributed by atoms with Crippen molar-refractivity contribution in [3.05, 3.63) is 0 Å². The zero-order valence-corrected chi connectivity index (χ0v) is 11.4. The van der Waals surface area contributed by atoms with Crippen LogP contribution in [0.2, 0.25) is 0 Å². The summed E-state index contributed by atoms with van der Waals surface area (Å²) >= 11 is 0. The highest BCUT2D eigenvalue weighted by molar-refractivity contribution is 5.80. The van der Waals surface area contributed by atoms with Crippen molar-refractivity contribution < 1.29 is 34.2 Å². The van der Waals surface area contributed by atoms with Gasteiger partial charge in [-0.3, -0.25) is 0 Å². The molecule has 0 aromatic carbocycles. The van der Waals surface area contributed by atoms with E-state index in [0.717, 1.165) is 6.42 Å². The van der Waals surface area contributed by atoms with Crippen molar-refractivity contribution in [2.45, 2.75) is 58.3 Å². The molecule has 1 saturated heterocycles. The number of aliphatic hydroxyl groups is 1. The van der Waals surface area contributed by atoms with Crippen molar-refractivity contribution in [2.75, 3.05) is 0 Å². The lowest BCUT2D eigenvalue weighted by Crippen LogP contribution is -2.32. The summed E-state index contributed by atoms with van der Waals surface area (Å²) in [7, 11) is 0. The molecule has 0 aromatic rings. The molecule has 1 rings (SSSR count). The molecule has 1 heterocycles. The minimum absolute atomic E-state index is 0.249. The molecule has 0 aliphatic carbocycles. The van der Waals surface area contributed by atoms with Gasteiger partial charge >= 0.3 is 17.7 Å². The second kappa shape index (κ2) is 6.83. The minimum atomic E-state index is -1.44. The van der Waals surface area contributed by atoms with E-state index in [4.69, 9.17) is 0 Å². The molecule has 1 aliphatic rings. The maximum atomic E-state index is 11.7. The zero-order valence-electron chi connectivity index (χ0n) is 11.4. The summed E-state index contributed by atoms with van der Waals surface area (Å²) in [5.41, 5.74) is 0. The Bertz CT molecular complexity index is 324. The van der Waals surface area contributed by atoms with Crippen molar-refractivity contribution in [2.24, 2.45) is 5.92 Å². The van der Waals surface area contributed by atoms with Crippen LogP contribution >= 0.6 is 0 Å². The molecule has 0 radical (unpaired) electrons. The van der Waals surface area contributed by atoms with Gasteiger partial charge in [-0.1, -0.05) is 27.2 Å². The summed E-state index contributed by atoms with van der Waals surface area (Å²) < 4.78 is 0. The Morgan fingerprint density at radius 3 is 2.26 bits per heavy atom. The summed E-state index contributed by atoms with van der Waals surface area (Å²) in [5.74, 6) is -3.84. The number of aliphatic hydroxyl groups excluding tert-OH is 1. The minimum Gasteiger partial charge on any atom is -0.392 e. The highest BCUT2D eigenvalue weighted by Crippen LogP contribution is 2.34. The van der Waals surface area contributed by atoms with E-state index in [1.165, 1.54) is 0 Å². The van der Waals surface area contributed by atoms with E-state index in [1.54, 1.807) is 13.8 Å². The van der Waals surface area contributed by atoms with Gasteiger partial charge in [-0.2, -0.15) is 9.78 Å². The summed E-state index contributed by atoms with van der Waals surface area (Å²) in [4.78, 5) is 41.0. The maximum Gasteiger partial charge on any atom is 0.420 e. The van der Waals surface area contributed by atoms with E-state index in [1.807, 2.05) is 6.92 Å². The molecule has 1 fully saturated rings. The fourth-order valence-electron chi connectivity index (χ4n) is 1.68. The van der Waals surface area contributed by atoms with Gasteiger partial charge < -0.3 is 5.11 Å². The molecular formula is C12H20O7. The lowest BCUT2D eigenvalue weighted by Gasteiger charge is -2.18. The van der Waals surface area contributed by atoms with Crippen LogP contribution in [0.25, 0.3) is 0 Å². The van der Waals surface area contributed by atoms with Gasteiger partial charge in [0.2, 0.25) is 0 Å². The molecule has 0 aromatic heterocycles. The molecule has 7 nitrogen and oxygen atoms in total. The van der Waals surface area contributed by atoms with Crippen molar-refractivity contribution in [1.29, 1.82) is 0 Å². The Kier molecular flexibility index (Phi) is 5.71. The Morgan fingerprint density at radius 1 is 1.21 bits per heavy atom. The second-order valence-corrected chi connectivity index (χ2v) is 4.42. The van der Waals surface area contributed by atoms with Crippen molar-refractivity contribution in [3.8, 4) is 0 Å². The first-order chi connectivity index (χ1) is 9.00. The SMILES string of the molecule is CCCC(O)C(CC)C(=O)OOC(=O)C1(CC)OO1. The van der Waals surface area contributed by atoms with Crippen LogP contribution in [-0.2, 0) is 29.1 Å². The van der Waals surface area contributed by atoms with E-state index < -0.39 is 29.7 Å². The Hall–Kier alpha value is -1.18. The first-order valence-electron chi connectivity index (χ1n) is 6.48. The zero-order chi connectivity index (χ0) is 14.5. The predicted octanol–water partition coefficient (Wildman–Crippen LogP) is 1.24. The molecule has 0 saturated carbocycles. The van der Waals surface area contributed by atoms with Gasteiger partial charge in [-0.05, 0) is 12.8 Å². The third kappa shape index (κ3) is 3.89. The van der Waals surface area contributed by atoms with Crippen LogP contribution in [0.1, 0.15) is 46.5 Å². The summed E-state index contributed by atoms with van der Waals surface area (Å²) in [6, 6.07) is 0. The van der Waals surface area contributed by atoms with Gasteiger partial charge in [0.15, 0.2) is 0 Å². The molecular weight excluding hydrogens is 256 g/mol. The average Bonchev–Trinajstić information content (AvgIpc) is 3.18. The Labute approximate surface area is 111 Å². The standard InChI is InChI=1S/C12H20O7/c1-4-7-9(13)8(5-2)10(14)16-17-11(15)12(6-3)18-19-12/h8-9,13H,4-7H2,1-3H3. The van der Waals surface area contributed by atoms with Gasteiger partial charge in [-0.25, -0.2) is 19.4 Å². The van der Waals surface area contributed by atoms with Crippen LogP contribution in [0.5, 0.6) is 0 Å². The molecule has 7 heteroatoms. The molecule has 19 heavy (non-hydrogen) atoms. The van der Waals surface area contributed by atoms with Crippen LogP contribution in [0.3, 0.4) is 0 Å². The molecule has 110 valence electrons. The molecule has 0 amide bonds. The van der Waals surface area contributed by atoms with Crippen LogP contribution in [0.4, 0.5) is 0 Å². The van der Waals surface area contributed by atoms with E-state index in [9.17, 15) is 14.7 Å². The normalized spacial score (nSPS) is 19.4. The number of rotatable bonds is 7. The lowest BCUT2D eigenvalue weighted by molar-refractivity contribution is -0.268. The highest BCUT2D eigenvalue weighted by Gasteiger charge is 2.58. The van der Waals surface area contributed by atoms with E-state index >= 15 is 0 Å².